The highest BCUT2D eigenvalue weighted by molar-refractivity contribution is 5.70. The number of nitriles is 1. The highest BCUT2D eigenvalue weighted by Crippen LogP contribution is 2.19. The summed E-state index contributed by atoms with van der Waals surface area (Å²) in [4.78, 5) is 16.5. The van der Waals surface area contributed by atoms with Gasteiger partial charge in [0.15, 0.2) is 6.61 Å². The summed E-state index contributed by atoms with van der Waals surface area (Å²) >= 11 is 0. The summed E-state index contributed by atoms with van der Waals surface area (Å²) in [5, 5.41) is 8.20. The van der Waals surface area contributed by atoms with Crippen LogP contribution in [0.1, 0.15) is 20.8 Å². The minimum absolute atomic E-state index is 0.129. The van der Waals surface area contributed by atoms with Gasteiger partial charge in [-0.25, -0.2) is 4.79 Å². The van der Waals surface area contributed by atoms with Crippen LogP contribution >= 0.6 is 0 Å². The Morgan fingerprint density at radius 1 is 1.40 bits per heavy atom. The number of hydroxylamine groups is 3. The van der Waals surface area contributed by atoms with Crippen molar-refractivity contribution in [1.29, 1.82) is 5.26 Å². The fourth-order valence-corrected chi connectivity index (χ4v) is 0.562. The quantitative estimate of drug-likeness (QED) is 0.396. The van der Waals surface area contributed by atoms with Crippen LogP contribution in [0.2, 0.25) is 0 Å². The monoisotopic (exact) mass is 215 g/mol. The highest BCUT2D eigenvalue weighted by Gasteiger charge is 2.34. The van der Waals surface area contributed by atoms with Gasteiger partial charge in [-0.1, -0.05) is 0 Å². The molecule has 15 heavy (non-hydrogen) atoms. The minimum Gasteiger partial charge on any atom is -0.448 e. The lowest BCUT2D eigenvalue weighted by Crippen LogP contribution is -2.54. The van der Waals surface area contributed by atoms with Crippen LogP contribution in [-0.2, 0) is 14.4 Å². The molecule has 0 aromatic rings. The van der Waals surface area contributed by atoms with E-state index in [1.54, 1.807) is 6.07 Å². The first-order chi connectivity index (χ1) is 6.70. The molecule has 0 N–H and O–H groups in total. The van der Waals surface area contributed by atoms with Gasteiger partial charge in [-0.3, -0.25) is 0 Å². The van der Waals surface area contributed by atoms with E-state index in [1.165, 1.54) is 0 Å². The van der Waals surface area contributed by atoms with Gasteiger partial charge < -0.3 is 4.74 Å². The van der Waals surface area contributed by atoms with Gasteiger partial charge in [-0.05, 0) is 20.8 Å². The lowest BCUT2D eigenvalue weighted by atomic mass is 10.1. The van der Waals surface area contributed by atoms with Gasteiger partial charge in [-0.15, -0.1) is 0 Å². The molecule has 0 spiro atoms. The SMILES string of the molecule is CC(C)(C)[N+](C)(C)OCC(=O)OCC#N. The second-order valence-electron chi connectivity index (χ2n) is 4.61. The molecule has 0 rings (SSSR count). The van der Waals surface area contributed by atoms with E-state index in [9.17, 15) is 4.79 Å². The number of nitrogens with zero attached hydrogens (tertiary/aromatic N) is 2. The van der Waals surface area contributed by atoms with Crippen LogP contribution < -0.4 is 0 Å². The van der Waals surface area contributed by atoms with Crippen molar-refractivity contribution in [2.45, 2.75) is 26.3 Å². The van der Waals surface area contributed by atoms with Crippen LogP contribution in [0.25, 0.3) is 0 Å². The van der Waals surface area contributed by atoms with Gasteiger partial charge in [0, 0.05) is 0 Å². The molecule has 0 radical (unpaired) electrons. The van der Waals surface area contributed by atoms with Gasteiger partial charge >= 0.3 is 5.97 Å². The maximum absolute atomic E-state index is 11.1. The van der Waals surface area contributed by atoms with Crippen molar-refractivity contribution in [1.82, 2.24) is 0 Å². The van der Waals surface area contributed by atoms with Crippen LogP contribution in [0.15, 0.2) is 0 Å². The first kappa shape index (κ1) is 13.9. The second kappa shape index (κ2) is 5.10. The number of carbonyl (C=O) groups excluding carboxylic acids is 1. The third kappa shape index (κ3) is 4.77. The Labute approximate surface area is 90.7 Å². The maximum atomic E-state index is 11.1. The molecule has 0 aliphatic rings. The zero-order chi connectivity index (χ0) is 12.1. The second-order valence-corrected chi connectivity index (χ2v) is 4.61. The van der Waals surface area contributed by atoms with Gasteiger partial charge in [0.2, 0.25) is 6.61 Å². The van der Waals surface area contributed by atoms with E-state index in [-0.39, 0.29) is 23.4 Å². The van der Waals surface area contributed by atoms with Crippen LogP contribution in [0.3, 0.4) is 0 Å². The Morgan fingerprint density at radius 2 is 1.93 bits per heavy atom. The molecule has 0 heterocycles. The summed E-state index contributed by atoms with van der Waals surface area (Å²) in [6, 6.07) is 1.72. The minimum atomic E-state index is -0.521. The number of hydrogen-bond donors (Lipinski definition) is 0. The average molecular weight is 215 g/mol. The number of carbonyl (C=O) groups is 1. The molecule has 0 amide bonds. The van der Waals surface area contributed by atoms with Crippen LogP contribution in [0.4, 0.5) is 0 Å². The normalized spacial score (nSPS) is 12.0. The molecule has 0 fully saturated rings. The summed E-state index contributed by atoms with van der Waals surface area (Å²) in [7, 11) is 3.72. The fraction of sp³-hybridized carbons (Fsp3) is 0.800. The Balaban J connectivity index is 4.06. The smallest absolute Gasteiger partial charge is 0.339 e. The number of hydrogen-bond acceptors (Lipinski definition) is 4. The molecule has 0 saturated carbocycles. The topological polar surface area (TPSA) is 59.3 Å². The molecule has 0 aromatic heterocycles. The zero-order valence-electron chi connectivity index (χ0n) is 10.0. The Kier molecular flexibility index (Phi) is 4.72. The third-order valence-corrected chi connectivity index (χ3v) is 2.42. The third-order valence-electron chi connectivity index (χ3n) is 2.42. The summed E-state index contributed by atoms with van der Waals surface area (Å²) in [6.45, 7) is 5.64. The van der Waals surface area contributed by atoms with E-state index >= 15 is 0 Å². The van der Waals surface area contributed by atoms with E-state index in [1.807, 2.05) is 34.9 Å². The lowest BCUT2D eigenvalue weighted by Gasteiger charge is -2.38. The number of esters is 1. The van der Waals surface area contributed by atoms with Crippen LogP contribution in [0.5, 0.6) is 0 Å². The van der Waals surface area contributed by atoms with Crippen molar-refractivity contribution >= 4 is 5.97 Å². The number of ether oxygens (including phenoxy) is 1. The standard InChI is InChI=1S/C10H19N2O3/c1-10(2,3)12(4,5)15-8-9(13)14-7-6-11/h7-8H2,1-5H3/q+1. The van der Waals surface area contributed by atoms with Crippen molar-refractivity contribution in [3.63, 3.8) is 0 Å². The summed E-state index contributed by atoms with van der Waals surface area (Å²) in [5.74, 6) is -0.521. The highest BCUT2D eigenvalue weighted by atomic mass is 16.7. The molecule has 86 valence electrons. The van der Waals surface area contributed by atoms with Crippen molar-refractivity contribution in [3.05, 3.63) is 0 Å². The molecule has 0 aromatic carbocycles. The summed E-state index contributed by atoms with van der Waals surface area (Å²) < 4.78 is 4.81. The molecular formula is C10H19N2O3+. The molecule has 0 aliphatic carbocycles. The van der Waals surface area contributed by atoms with E-state index in [4.69, 9.17) is 10.1 Å². The fourth-order valence-electron chi connectivity index (χ4n) is 0.562. The molecule has 5 nitrogen and oxygen atoms in total. The molecule has 0 aliphatic heterocycles. The summed E-state index contributed by atoms with van der Waals surface area (Å²) in [6.07, 6.45) is 0. The Bertz CT molecular complexity index is 261. The predicted octanol–water partition coefficient (Wildman–Crippen LogP) is 0.860. The van der Waals surface area contributed by atoms with E-state index in [0.717, 1.165) is 0 Å². The molecular weight excluding hydrogens is 196 g/mol. The molecule has 5 heteroatoms. The molecule has 0 atom stereocenters. The van der Waals surface area contributed by atoms with Gasteiger partial charge in [-0.2, -0.15) is 14.7 Å². The van der Waals surface area contributed by atoms with E-state index in [0.29, 0.717) is 0 Å². The first-order valence-corrected chi connectivity index (χ1v) is 4.72. The molecule has 0 bridgehead atoms. The van der Waals surface area contributed by atoms with Crippen molar-refractivity contribution in [2.75, 3.05) is 27.3 Å². The lowest BCUT2D eigenvalue weighted by molar-refractivity contribution is -1.11. The predicted molar refractivity (Wildman–Crippen MR) is 54.4 cm³/mol. The van der Waals surface area contributed by atoms with Crippen molar-refractivity contribution < 1.29 is 19.0 Å². The van der Waals surface area contributed by atoms with Crippen molar-refractivity contribution in [3.8, 4) is 6.07 Å². The Morgan fingerprint density at radius 3 is 2.33 bits per heavy atom. The first-order valence-electron chi connectivity index (χ1n) is 4.72. The van der Waals surface area contributed by atoms with Crippen molar-refractivity contribution in [2.24, 2.45) is 0 Å². The van der Waals surface area contributed by atoms with E-state index < -0.39 is 5.97 Å². The van der Waals surface area contributed by atoms with E-state index in [2.05, 4.69) is 4.74 Å². The summed E-state index contributed by atoms with van der Waals surface area (Å²) in [5.41, 5.74) is -0.129. The van der Waals surface area contributed by atoms with Gasteiger partial charge in [0.1, 0.15) is 11.6 Å². The average Bonchev–Trinajstić information content (AvgIpc) is 2.09. The van der Waals surface area contributed by atoms with Gasteiger partial charge in [0.05, 0.1) is 14.1 Å². The number of rotatable bonds is 4. The van der Waals surface area contributed by atoms with Crippen LogP contribution in [-0.4, -0.2) is 43.5 Å². The maximum Gasteiger partial charge on any atom is 0.339 e. The number of quaternary nitrogens is 1. The largest absolute Gasteiger partial charge is 0.448 e. The van der Waals surface area contributed by atoms with Crippen LogP contribution in [0, 0.1) is 11.3 Å². The molecule has 0 unspecified atom stereocenters. The molecule has 0 saturated heterocycles. The van der Waals surface area contributed by atoms with Gasteiger partial charge in [0.25, 0.3) is 0 Å². The Hall–Kier alpha value is -1.12. The zero-order valence-corrected chi connectivity index (χ0v) is 10.0.